The van der Waals surface area contributed by atoms with E-state index in [0.717, 1.165) is 29.8 Å². The molecule has 4 nitrogen and oxygen atoms in total. The first-order valence-corrected chi connectivity index (χ1v) is 9.27. The Morgan fingerprint density at radius 1 is 1.17 bits per heavy atom. The van der Waals surface area contributed by atoms with Gasteiger partial charge in [0.05, 0.1) is 0 Å². The first-order chi connectivity index (χ1) is 11.6. The van der Waals surface area contributed by atoms with Gasteiger partial charge in [-0.2, -0.15) is 0 Å². The molecule has 0 aromatic heterocycles. The number of hydrogen-bond donors (Lipinski definition) is 2. The zero-order valence-electron chi connectivity index (χ0n) is 15.8. The lowest BCUT2D eigenvalue weighted by Gasteiger charge is -2.15. The molecule has 0 aliphatic rings. The van der Waals surface area contributed by atoms with E-state index < -0.39 is 0 Å². The highest BCUT2D eigenvalue weighted by atomic mass is 16.5. The smallest absolute Gasteiger partial charge is 0.319 e. The fraction of sp³-hybridized carbons (Fsp3) is 0.650. The van der Waals surface area contributed by atoms with Gasteiger partial charge in [0.1, 0.15) is 0 Å². The van der Waals surface area contributed by atoms with Crippen LogP contribution in [0.2, 0.25) is 0 Å². The quantitative estimate of drug-likeness (QED) is 0.556. The third kappa shape index (κ3) is 7.82. The van der Waals surface area contributed by atoms with Gasteiger partial charge in [-0.25, -0.2) is 4.79 Å². The Morgan fingerprint density at radius 2 is 1.88 bits per heavy atom. The number of anilines is 1. The minimum absolute atomic E-state index is 0.151. The van der Waals surface area contributed by atoms with Gasteiger partial charge < -0.3 is 15.4 Å². The molecule has 0 aliphatic carbocycles. The van der Waals surface area contributed by atoms with Crippen LogP contribution in [0.25, 0.3) is 0 Å². The van der Waals surface area contributed by atoms with Crippen LogP contribution in [0.5, 0.6) is 0 Å². The maximum absolute atomic E-state index is 12.0. The number of urea groups is 1. The van der Waals surface area contributed by atoms with Crippen LogP contribution in [-0.4, -0.2) is 25.8 Å². The predicted octanol–water partition coefficient (Wildman–Crippen LogP) is 5.05. The highest BCUT2D eigenvalue weighted by Gasteiger charge is 2.07. The summed E-state index contributed by atoms with van der Waals surface area (Å²) < 4.78 is 5.75. The van der Waals surface area contributed by atoms with Crippen molar-refractivity contribution in [2.75, 3.05) is 25.1 Å². The molecule has 0 bridgehead atoms. The van der Waals surface area contributed by atoms with Gasteiger partial charge in [0, 0.05) is 25.4 Å². The van der Waals surface area contributed by atoms with Crippen LogP contribution in [0.15, 0.2) is 18.2 Å². The third-order valence-corrected chi connectivity index (χ3v) is 4.37. The van der Waals surface area contributed by atoms with Gasteiger partial charge in [-0.05, 0) is 43.7 Å². The van der Waals surface area contributed by atoms with Crippen LogP contribution in [0.4, 0.5) is 10.5 Å². The molecule has 0 radical (unpaired) electrons. The predicted molar refractivity (Wildman–Crippen MR) is 102 cm³/mol. The summed E-state index contributed by atoms with van der Waals surface area (Å²) in [5.74, 6) is 0.672. The number of amides is 2. The first kappa shape index (κ1) is 20.5. The Labute approximate surface area is 147 Å². The number of nitrogens with one attached hydrogen (secondary N) is 2. The van der Waals surface area contributed by atoms with E-state index in [1.165, 1.54) is 25.7 Å². The highest BCUT2D eigenvalue weighted by Crippen LogP contribution is 2.19. The molecule has 0 heterocycles. The molecule has 0 fully saturated rings. The number of carbonyl (C=O) groups is 1. The second kappa shape index (κ2) is 11.9. The number of benzene rings is 1. The lowest BCUT2D eigenvalue weighted by Crippen LogP contribution is -2.30. The van der Waals surface area contributed by atoms with Crippen molar-refractivity contribution in [2.24, 2.45) is 5.92 Å². The summed E-state index contributed by atoms with van der Waals surface area (Å²) in [7, 11) is 0. The molecule has 2 N–H and O–H groups in total. The van der Waals surface area contributed by atoms with E-state index in [0.29, 0.717) is 19.1 Å². The van der Waals surface area contributed by atoms with Crippen LogP contribution >= 0.6 is 0 Å². The molecule has 1 rings (SSSR count). The zero-order valence-corrected chi connectivity index (χ0v) is 15.8. The molecule has 4 heteroatoms. The fourth-order valence-electron chi connectivity index (χ4n) is 2.69. The number of aryl methyl sites for hydroxylation is 2. The number of para-hydroxylation sites is 1. The second-order valence-electron chi connectivity index (χ2n) is 6.49. The van der Waals surface area contributed by atoms with Crippen LogP contribution < -0.4 is 10.6 Å². The molecule has 0 saturated carbocycles. The summed E-state index contributed by atoms with van der Waals surface area (Å²) in [6.45, 7) is 10.6. The average molecular weight is 335 g/mol. The SMILES string of the molecule is CCCCC(CC)COCCCNC(=O)Nc1c(C)cccc1C. The Balaban J connectivity index is 2.15. The van der Waals surface area contributed by atoms with Gasteiger partial charge in [0.25, 0.3) is 0 Å². The van der Waals surface area contributed by atoms with Crippen molar-refractivity contribution in [2.45, 2.75) is 59.8 Å². The number of carbonyl (C=O) groups excluding carboxylic acids is 1. The van der Waals surface area contributed by atoms with Crippen LogP contribution in [0, 0.1) is 19.8 Å². The molecular weight excluding hydrogens is 300 g/mol. The molecule has 0 aliphatic heterocycles. The fourth-order valence-corrected chi connectivity index (χ4v) is 2.69. The van der Waals surface area contributed by atoms with Crippen LogP contribution in [0.3, 0.4) is 0 Å². The molecular formula is C20H34N2O2. The Hall–Kier alpha value is -1.55. The van der Waals surface area contributed by atoms with Gasteiger partial charge in [-0.15, -0.1) is 0 Å². The maximum atomic E-state index is 12.0. The summed E-state index contributed by atoms with van der Waals surface area (Å²) in [5.41, 5.74) is 3.05. The third-order valence-electron chi connectivity index (χ3n) is 4.37. The summed E-state index contributed by atoms with van der Waals surface area (Å²) in [6, 6.07) is 5.84. The van der Waals surface area contributed by atoms with E-state index >= 15 is 0 Å². The molecule has 1 aromatic carbocycles. The highest BCUT2D eigenvalue weighted by molar-refractivity contribution is 5.90. The molecule has 0 saturated heterocycles. The largest absolute Gasteiger partial charge is 0.381 e. The lowest BCUT2D eigenvalue weighted by atomic mass is 10.0. The van der Waals surface area contributed by atoms with Crippen molar-refractivity contribution in [1.29, 1.82) is 0 Å². The normalized spacial score (nSPS) is 12.0. The van der Waals surface area contributed by atoms with Crippen molar-refractivity contribution >= 4 is 11.7 Å². The number of hydrogen-bond acceptors (Lipinski definition) is 2. The Bertz CT molecular complexity index is 468. The summed E-state index contributed by atoms with van der Waals surface area (Å²) in [4.78, 5) is 12.0. The number of rotatable bonds is 11. The Kier molecular flexibility index (Phi) is 10.2. The number of ether oxygens (including phenoxy) is 1. The minimum atomic E-state index is -0.151. The first-order valence-electron chi connectivity index (χ1n) is 9.27. The standard InChI is InChI=1S/C20H34N2O2/c1-5-7-12-18(6-2)15-24-14-9-13-21-20(23)22-19-16(3)10-8-11-17(19)4/h8,10-11,18H,5-7,9,12-15H2,1-4H3,(H2,21,22,23). The van der Waals surface area contributed by atoms with Crippen LogP contribution in [-0.2, 0) is 4.74 Å². The Morgan fingerprint density at radius 3 is 2.50 bits per heavy atom. The van der Waals surface area contributed by atoms with E-state index in [2.05, 4.69) is 24.5 Å². The van der Waals surface area contributed by atoms with Gasteiger partial charge in [-0.3, -0.25) is 0 Å². The minimum Gasteiger partial charge on any atom is -0.381 e. The summed E-state index contributed by atoms with van der Waals surface area (Å²) in [5, 5.41) is 5.82. The van der Waals surface area contributed by atoms with Crippen molar-refractivity contribution < 1.29 is 9.53 Å². The van der Waals surface area contributed by atoms with Crippen molar-refractivity contribution in [1.82, 2.24) is 5.32 Å². The molecule has 2 amide bonds. The molecule has 0 spiro atoms. The van der Waals surface area contributed by atoms with Crippen molar-refractivity contribution in [3.05, 3.63) is 29.3 Å². The average Bonchev–Trinajstić information content (AvgIpc) is 2.57. The van der Waals surface area contributed by atoms with E-state index in [9.17, 15) is 4.79 Å². The van der Waals surface area contributed by atoms with Crippen molar-refractivity contribution in [3.63, 3.8) is 0 Å². The van der Waals surface area contributed by atoms with Crippen LogP contribution in [0.1, 0.15) is 57.1 Å². The summed E-state index contributed by atoms with van der Waals surface area (Å²) >= 11 is 0. The number of unbranched alkanes of at least 4 members (excludes halogenated alkanes) is 1. The van der Waals surface area contributed by atoms with E-state index in [1.54, 1.807) is 0 Å². The van der Waals surface area contributed by atoms with E-state index in [1.807, 2.05) is 32.0 Å². The van der Waals surface area contributed by atoms with Gasteiger partial charge in [0.15, 0.2) is 0 Å². The molecule has 1 aromatic rings. The van der Waals surface area contributed by atoms with Crippen molar-refractivity contribution in [3.8, 4) is 0 Å². The molecule has 136 valence electrons. The van der Waals surface area contributed by atoms with Gasteiger partial charge >= 0.3 is 6.03 Å². The molecule has 1 atom stereocenters. The van der Waals surface area contributed by atoms with Gasteiger partial charge in [0.2, 0.25) is 0 Å². The zero-order chi connectivity index (χ0) is 17.8. The molecule has 1 unspecified atom stereocenters. The van der Waals surface area contributed by atoms with Gasteiger partial charge in [-0.1, -0.05) is 51.3 Å². The van der Waals surface area contributed by atoms with E-state index in [4.69, 9.17) is 4.74 Å². The lowest BCUT2D eigenvalue weighted by molar-refractivity contribution is 0.0925. The second-order valence-corrected chi connectivity index (χ2v) is 6.49. The molecule has 24 heavy (non-hydrogen) atoms. The van der Waals surface area contributed by atoms with E-state index in [-0.39, 0.29) is 6.03 Å². The summed E-state index contributed by atoms with van der Waals surface area (Å²) in [6.07, 6.45) is 5.79. The monoisotopic (exact) mass is 334 g/mol. The maximum Gasteiger partial charge on any atom is 0.319 e. The topological polar surface area (TPSA) is 50.4 Å².